The lowest BCUT2D eigenvalue weighted by molar-refractivity contribution is 0.867. The summed E-state index contributed by atoms with van der Waals surface area (Å²) in [6, 6.07) is 11.2. The lowest BCUT2D eigenvalue weighted by Gasteiger charge is -2.08. The zero-order chi connectivity index (χ0) is 13.2. The maximum Gasteiger partial charge on any atom is 0.223 e. The van der Waals surface area contributed by atoms with E-state index in [2.05, 4.69) is 53.4 Å². The highest BCUT2D eigenvalue weighted by molar-refractivity contribution is 5.60. The first kappa shape index (κ1) is 12.2. The Morgan fingerprint density at radius 2 is 1.84 bits per heavy atom. The standard InChI is InChI=1S/C16H19N3/c1-11(2)12-3-5-13(6-4-12)15-9-10-17-16(19-15)18-14-7-8-14/h3-6,9-11,14H,7-8H2,1-2H3,(H,17,18,19). The Kier molecular flexibility index (Phi) is 3.20. The molecule has 0 unspecified atom stereocenters. The molecule has 0 spiro atoms. The molecule has 0 atom stereocenters. The number of anilines is 1. The van der Waals surface area contributed by atoms with Gasteiger partial charge in [-0.2, -0.15) is 0 Å². The highest BCUT2D eigenvalue weighted by Gasteiger charge is 2.21. The second kappa shape index (κ2) is 5.00. The molecule has 0 saturated heterocycles. The number of hydrogen-bond donors (Lipinski definition) is 1. The summed E-state index contributed by atoms with van der Waals surface area (Å²) in [7, 11) is 0. The van der Waals surface area contributed by atoms with Crippen molar-refractivity contribution in [2.45, 2.75) is 38.6 Å². The van der Waals surface area contributed by atoms with Crippen LogP contribution in [-0.4, -0.2) is 16.0 Å². The topological polar surface area (TPSA) is 37.8 Å². The minimum atomic E-state index is 0.562. The van der Waals surface area contributed by atoms with E-state index in [1.54, 1.807) is 0 Å². The van der Waals surface area contributed by atoms with Crippen molar-refractivity contribution in [3.8, 4) is 11.3 Å². The minimum Gasteiger partial charge on any atom is -0.351 e. The Morgan fingerprint density at radius 3 is 2.47 bits per heavy atom. The van der Waals surface area contributed by atoms with Crippen LogP contribution in [0.1, 0.15) is 38.2 Å². The zero-order valence-electron chi connectivity index (χ0n) is 11.4. The third-order valence-corrected chi connectivity index (χ3v) is 3.44. The first-order valence-electron chi connectivity index (χ1n) is 6.92. The van der Waals surface area contributed by atoms with Crippen LogP contribution < -0.4 is 5.32 Å². The molecule has 3 rings (SSSR count). The second-order valence-corrected chi connectivity index (χ2v) is 5.46. The summed E-state index contributed by atoms with van der Waals surface area (Å²) in [6.45, 7) is 4.41. The van der Waals surface area contributed by atoms with Crippen LogP contribution in [0.4, 0.5) is 5.95 Å². The Morgan fingerprint density at radius 1 is 1.11 bits per heavy atom. The number of nitrogens with one attached hydrogen (secondary N) is 1. The van der Waals surface area contributed by atoms with Gasteiger partial charge in [-0.3, -0.25) is 0 Å². The van der Waals surface area contributed by atoms with E-state index in [9.17, 15) is 0 Å². The third-order valence-electron chi connectivity index (χ3n) is 3.44. The van der Waals surface area contributed by atoms with E-state index in [-0.39, 0.29) is 0 Å². The Balaban J connectivity index is 1.83. The van der Waals surface area contributed by atoms with E-state index in [1.807, 2.05) is 12.3 Å². The van der Waals surface area contributed by atoms with Crippen molar-refractivity contribution >= 4 is 5.95 Å². The predicted molar refractivity (Wildman–Crippen MR) is 78.2 cm³/mol. The predicted octanol–water partition coefficient (Wildman–Crippen LogP) is 3.84. The summed E-state index contributed by atoms with van der Waals surface area (Å²) >= 11 is 0. The summed E-state index contributed by atoms with van der Waals surface area (Å²) in [4.78, 5) is 8.84. The van der Waals surface area contributed by atoms with E-state index >= 15 is 0 Å². The van der Waals surface area contributed by atoms with Crippen molar-refractivity contribution < 1.29 is 0 Å². The van der Waals surface area contributed by atoms with Crippen LogP contribution in [-0.2, 0) is 0 Å². The van der Waals surface area contributed by atoms with Gasteiger partial charge in [0.15, 0.2) is 0 Å². The summed E-state index contributed by atoms with van der Waals surface area (Å²) in [5.74, 6) is 1.31. The highest BCUT2D eigenvalue weighted by Crippen LogP contribution is 2.25. The monoisotopic (exact) mass is 253 g/mol. The van der Waals surface area contributed by atoms with Gasteiger partial charge in [0.1, 0.15) is 0 Å². The molecule has 1 saturated carbocycles. The normalized spacial score (nSPS) is 14.7. The molecule has 1 aliphatic carbocycles. The Bertz CT molecular complexity index is 556. The van der Waals surface area contributed by atoms with E-state index < -0.39 is 0 Å². The molecule has 0 radical (unpaired) electrons. The molecule has 0 bridgehead atoms. The molecular weight excluding hydrogens is 234 g/mol. The number of benzene rings is 1. The number of nitrogens with zero attached hydrogens (tertiary/aromatic N) is 2. The average molecular weight is 253 g/mol. The molecule has 2 aromatic rings. The molecule has 98 valence electrons. The van der Waals surface area contributed by atoms with Gasteiger partial charge in [-0.1, -0.05) is 38.1 Å². The van der Waals surface area contributed by atoms with Crippen molar-refractivity contribution in [1.82, 2.24) is 9.97 Å². The fourth-order valence-corrected chi connectivity index (χ4v) is 2.04. The lowest BCUT2D eigenvalue weighted by atomic mass is 10.0. The van der Waals surface area contributed by atoms with Crippen LogP contribution in [0, 0.1) is 0 Å². The quantitative estimate of drug-likeness (QED) is 0.899. The molecule has 0 amide bonds. The van der Waals surface area contributed by atoms with Gasteiger partial charge < -0.3 is 5.32 Å². The first-order chi connectivity index (χ1) is 9.22. The smallest absolute Gasteiger partial charge is 0.223 e. The molecule has 0 aliphatic heterocycles. The Labute approximate surface area is 114 Å². The highest BCUT2D eigenvalue weighted by atomic mass is 15.1. The third kappa shape index (κ3) is 2.92. The molecule has 1 aromatic heterocycles. The van der Waals surface area contributed by atoms with E-state index in [0.717, 1.165) is 17.2 Å². The van der Waals surface area contributed by atoms with Crippen LogP contribution in [0.5, 0.6) is 0 Å². The molecule has 1 fully saturated rings. The van der Waals surface area contributed by atoms with Gasteiger partial charge in [0.2, 0.25) is 5.95 Å². The van der Waals surface area contributed by atoms with Gasteiger partial charge in [0.05, 0.1) is 5.69 Å². The van der Waals surface area contributed by atoms with Crippen LogP contribution in [0.3, 0.4) is 0 Å². The van der Waals surface area contributed by atoms with Gasteiger partial charge in [-0.25, -0.2) is 9.97 Å². The van der Waals surface area contributed by atoms with Crippen molar-refractivity contribution in [2.75, 3.05) is 5.32 Å². The van der Waals surface area contributed by atoms with E-state index in [0.29, 0.717) is 12.0 Å². The fraction of sp³-hybridized carbons (Fsp3) is 0.375. The molecule has 3 heteroatoms. The SMILES string of the molecule is CC(C)c1ccc(-c2ccnc(NC3CC3)n2)cc1. The van der Waals surface area contributed by atoms with Crippen LogP contribution >= 0.6 is 0 Å². The second-order valence-electron chi connectivity index (χ2n) is 5.46. The van der Waals surface area contributed by atoms with Crippen molar-refractivity contribution in [1.29, 1.82) is 0 Å². The summed E-state index contributed by atoms with van der Waals surface area (Å²) in [5.41, 5.74) is 3.48. The van der Waals surface area contributed by atoms with E-state index in [1.165, 1.54) is 18.4 Å². The lowest BCUT2D eigenvalue weighted by Crippen LogP contribution is -2.05. The molecule has 1 aromatic carbocycles. The molecule has 1 heterocycles. The first-order valence-corrected chi connectivity index (χ1v) is 6.92. The summed E-state index contributed by atoms with van der Waals surface area (Å²) in [6.07, 6.45) is 4.29. The largest absolute Gasteiger partial charge is 0.351 e. The number of rotatable bonds is 4. The Hall–Kier alpha value is -1.90. The van der Waals surface area contributed by atoms with Gasteiger partial charge in [-0.05, 0) is 30.4 Å². The van der Waals surface area contributed by atoms with Gasteiger partial charge in [0.25, 0.3) is 0 Å². The van der Waals surface area contributed by atoms with Crippen molar-refractivity contribution in [2.24, 2.45) is 0 Å². The van der Waals surface area contributed by atoms with Crippen LogP contribution in [0.25, 0.3) is 11.3 Å². The average Bonchev–Trinajstić information content (AvgIpc) is 3.23. The zero-order valence-corrected chi connectivity index (χ0v) is 11.4. The van der Waals surface area contributed by atoms with Crippen LogP contribution in [0.2, 0.25) is 0 Å². The van der Waals surface area contributed by atoms with Gasteiger partial charge in [0, 0.05) is 17.8 Å². The number of aromatic nitrogens is 2. The summed E-state index contributed by atoms with van der Waals surface area (Å²) in [5, 5.41) is 3.33. The van der Waals surface area contributed by atoms with Gasteiger partial charge >= 0.3 is 0 Å². The van der Waals surface area contributed by atoms with Gasteiger partial charge in [-0.15, -0.1) is 0 Å². The molecule has 1 aliphatic rings. The maximum atomic E-state index is 4.58. The summed E-state index contributed by atoms with van der Waals surface area (Å²) < 4.78 is 0. The minimum absolute atomic E-state index is 0.562. The molecule has 19 heavy (non-hydrogen) atoms. The number of hydrogen-bond acceptors (Lipinski definition) is 3. The van der Waals surface area contributed by atoms with E-state index in [4.69, 9.17) is 0 Å². The fourth-order valence-electron chi connectivity index (χ4n) is 2.04. The molecule has 3 nitrogen and oxygen atoms in total. The van der Waals surface area contributed by atoms with Crippen molar-refractivity contribution in [3.63, 3.8) is 0 Å². The molecule has 1 N–H and O–H groups in total. The van der Waals surface area contributed by atoms with Crippen LogP contribution in [0.15, 0.2) is 36.5 Å². The molecular formula is C16H19N3. The maximum absolute atomic E-state index is 4.58. The van der Waals surface area contributed by atoms with Crippen molar-refractivity contribution in [3.05, 3.63) is 42.1 Å².